The van der Waals surface area contributed by atoms with Crippen LogP contribution >= 0.6 is 7.82 Å². The van der Waals surface area contributed by atoms with Crippen LogP contribution in [0.3, 0.4) is 0 Å². The SMILES string of the molecule is CC/C=C\C/C=C\C/C=C\CCCCCCCC(=O)NC(COP(=O)(O)OCCN)C(O)/C=C/CCCCCCCCCCC. The van der Waals surface area contributed by atoms with Crippen molar-refractivity contribution >= 4 is 13.7 Å². The van der Waals surface area contributed by atoms with E-state index in [-0.39, 0.29) is 25.7 Å². The van der Waals surface area contributed by atoms with Gasteiger partial charge in [-0.3, -0.25) is 13.8 Å². The van der Waals surface area contributed by atoms with Crippen molar-refractivity contribution in [1.29, 1.82) is 0 Å². The molecule has 0 radical (unpaired) electrons. The van der Waals surface area contributed by atoms with Gasteiger partial charge < -0.3 is 21.1 Å². The van der Waals surface area contributed by atoms with E-state index in [9.17, 15) is 19.4 Å². The Labute approximate surface area is 275 Å². The smallest absolute Gasteiger partial charge is 0.387 e. The Balaban J connectivity index is 4.39. The monoisotopic (exact) mass is 654 g/mol. The Bertz CT molecular complexity index is 845. The number of phosphoric acid groups is 1. The fraction of sp³-hybridized carbons (Fsp3) is 0.750. The molecule has 0 aromatic carbocycles. The molecule has 0 aromatic heterocycles. The minimum atomic E-state index is -4.33. The second-order valence-corrected chi connectivity index (χ2v) is 13.1. The molecule has 3 unspecified atom stereocenters. The van der Waals surface area contributed by atoms with Crippen LogP contribution in [0.4, 0.5) is 0 Å². The molecule has 8 nitrogen and oxygen atoms in total. The molecular weight excluding hydrogens is 587 g/mol. The second-order valence-electron chi connectivity index (χ2n) is 11.7. The largest absolute Gasteiger partial charge is 0.472 e. The zero-order valence-corrected chi connectivity index (χ0v) is 29.5. The number of nitrogens with one attached hydrogen (secondary N) is 1. The molecule has 0 fully saturated rings. The van der Waals surface area contributed by atoms with Crippen molar-refractivity contribution in [2.75, 3.05) is 19.8 Å². The van der Waals surface area contributed by atoms with Gasteiger partial charge >= 0.3 is 7.82 Å². The first-order valence-electron chi connectivity index (χ1n) is 17.8. The van der Waals surface area contributed by atoms with E-state index >= 15 is 0 Å². The normalized spacial score (nSPS) is 15.0. The number of rotatable bonds is 32. The van der Waals surface area contributed by atoms with Gasteiger partial charge in [0, 0.05) is 13.0 Å². The molecule has 0 aliphatic heterocycles. The number of phosphoric ester groups is 1. The summed E-state index contributed by atoms with van der Waals surface area (Å²) in [7, 11) is -4.33. The number of hydrogen-bond acceptors (Lipinski definition) is 6. The minimum Gasteiger partial charge on any atom is -0.387 e. The molecule has 0 heterocycles. The van der Waals surface area contributed by atoms with Gasteiger partial charge in [-0.25, -0.2) is 4.57 Å². The molecule has 0 bridgehead atoms. The predicted octanol–water partition coefficient (Wildman–Crippen LogP) is 8.99. The highest BCUT2D eigenvalue weighted by molar-refractivity contribution is 7.47. The molecule has 0 rings (SSSR count). The minimum absolute atomic E-state index is 0.0734. The van der Waals surface area contributed by atoms with E-state index in [1.165, 1.54) is 44.9 Å². The molecule has 45 heavy (non-hydrogen) atoms. The summed E-state index contributed by atoms with van der Waals surface area (Å²) in [5.41, 5.74) is 5.34. The Hall–Kier alpha value is -1.54. The molecule has 9 heteroatoms. The topological polar surface area (TPSA) is 131 Å². The van der Waals surface area contributed by atoms with Crippen LogP contribution in [-0.2, 0) is 18.4 Å². The fourth-order valence-corrected chi connectivity index (χ4v) is 5.49. The third-order valence-electron chi connectivity index (χ3n) is 7.41. The first kappa shape index (κ1) is 43.5. The molecule has 0 saturated heterocycles. The maximum Gasteiger partial charge on any atom is 0.472 e. The summed E-state index contributed by atoms with van der Waals surface area (Å²) in [6, 6.07) is -0.867. The van der Waals surface area contributed by atoms with E-state index in [4.69, 9.17) is 14.8 Å². The van der Waals surface area contributed by atoms with Gasteiger partial charge in [0.25, 0.3) is 0 Å². The first-order valence-corrected chi connectivity index (χ1v) is 19.3. The number of unbranched alkanes of at least 4 members (excludes halogenated alkanes) is 14. The molecule has 262 valence electrons. The van der Waals surface area contributed by atoms with E-state index in [0.29, 0.717) is 6.42 Å². The van der Waals surface area contributed by atoms with Gasteiger partial charge in [-0.2, -0.15) is 0 Å². The Morgan fingerprint density at radius 3 is 1.89 bits per heavy atom. The van der Waals surface area contributed by atoms with Crippen LogP contribution in [0.2, 0.25) is 0 Å². The lowest BCUT2D eigenvalue weighted by molar-refractivity contribution is -0.123. The Kier molecular flexibility index (Phi) is 31.3. The highest BCUT2D eigenvalue weighted by Gasteiger charge is 2.26. The van der Waals surface area contributed by atoms with Gasteiger partial charge in [-0.15, -0.1) is 0 Å². The maximum atomic E-state index is 12.6. The average molecular weight is 655 g/mol. The van der Waals surface area contributed by atoms with Crippen molar-refractivity contribution in [3.63, 3.8) is 0 Å². The summed E-state index contributed by atoms with van der Waals surface area (Å²) in [6.45, 7) is 3.96. The fourth-order valence-electron chi connectivity index (χ4n) is 4.73. The number of hydrogen-bond donors (Lipinski definition) is 4. The summed E-state index contributed by atoms with van der Waals surface area (Å²) in [5, 5.41) is 13.5. The van der Waals surface area contributed by atoms with Gasteiger partial charge in [0.2, 0.25) is 5.91 Å². The van der Waals surface area contributed by atoms with Crippen LogP contribution < -0.4 is 11.1 Å². The van der Waals surface area contributed by atoms with Crippen LogP contribution in [0, 0.1) is 0 Å². The highest BCUT2D eigenvalue weighted by atomic mass is 31.2. The van der Waals surface area contributed by atoms with Gasteiger partial charge in [0.1, 0.15) is 0 Å². The van der Waals surface area contributed by atoms with E-state index < -0.39 is 20.0 Å². The summed E-state index contributed by atoms with van der Waals surface area (Å²) in [4.78, 5) is 22.5. The molecule has 0 saturated carbocycles. The third kappa shape index (κ3) is 30.9. The second kappa shape index (κ2) is 32.4. The van der Waals surface area contributed by atoms with Crippen LogP contribution in [0.1, 0.15) is 142 Å². The van der Waals surface area contributed by atoms with E-state index in [1.54, 1.807) is 6.08 Å². The van der Waals surface area contributed by atoms with Crippen molar-refractivity contribution in [3.05, 3.63) is 48.6 Å². The number of aliphatic hydroxyl groups excluding tert-OH is 1. The quantitative estimate of drug-likeness (QED) is 0.0323. The van der Waals surface area contributed by atoms with Crippen LogP contribution in [0.15, 0.2) is 48.6 Å². The van der Waals surface area contributed by atoms with E-state index in [0.717, 1.165) is 77.0 Å². The lowest BCUT2D eigenvalue weighted by Crippen LogP contribution is -2.45. The summed E-state index contributed by atoms with van der Waals surface area (Å²) < 4.78 is 22.0. The van der Waals surface area contributed by atoms with E-state index in [1.807, 2.05) is 6.08 Å². The summed E-state index contributed by atoms with van der Waals surface area (Å²) in [6.07, 6.45) is 37.2. The number of allylic oxidation sites excluding steroid dienone is 7. The molecule has 3 atom stereocenters. The lowest BCUT2D eigenvalue weighted by atomic mass is 10.1. The first-order chi connectivity index (χ1) is 21.9. The molecule has 1 amide bonds. The van der Waals surface area contributed by atoms with Crippen molar-refractivity contribution < 1.29 is 28.4 Å². The molecule has 0 aliphatic carbocycles. The maximum absolute atomic E-state index is 12.6. The number of aliphatic hydroxyl groups is 1. The van der Waals surface area contributed by atoms with Crippen LogP contribution in [0.25, 0.3) is 0 Å². The molecule has 0 aliphatic rings. The molecule has 0 aromatic rings. The Morgan fingerprint density at radius 2 is 1.29 bits per heavy atom. The third-order valence-corrected chi connectivity index (χ3v) is 8.39. The Morgan fingerprint density at radius 1 is 0.756 bits per heavy atom. The standard InChI is InChI=1S/C36H67N2O6P/c1-3-5-7-9-11-13-15-16-17-18-20-22-24-26-28-30-36(40)38-34(33-44-45(41,42)43-32-31-37)35(39)29-27-25-23-21-19-14-12-10-8-6-4-2/h5,7,11,13,16-17,27,29,34-35,39H,3-4,6,8-10,12,14-15,18-26,28,30-33,37H2,1-2H3,(H,38,40)(H,41,42)/b7-5-,13-11-,17-16-,29-27+. The van der Waals surface area contributed by atoms with Crippen molar-refractivity contribution in [1.82, 2.24) is 5.32 Å². The van der Waals surface area contributed by atoms with Gasteiger partial charge in [-0.05, 0) is 51.4 Å². The zero-order valence-electron chi connectivity index (χ0n) is 28.6. The summed E-state index contributed by atoms with van der Waals surface area (Å²) >= 11 is 0. The number of amides is 1. The van der Waals surface area contributed by atoms with Gasteiger partial charge in [0.15, 0.2) is 0 Å². The van der Waals surface area contributed by atoms with Crippen molar-refractivity contribution in [3.8, 4) is 0 Å². The van der Waals surface area contributed by atoms with Crippen molar-refractivity contribution in [2.24, 2.45) is 5.73 Å². The van der Waals surface area contributed by atoms with Crippen LogP contribution in [-0.4, -0.2) is 47.8 Å². The van der Waals surface area contributed by atoms with Crippen LogP contribution in [0.5, 0.6) is 0 Å². The number of carbonyl (C=O) groups excluding carboxylic acids is 1. The van der Waals surface area contributed by atoms with Gasteiger partial charge in [0.05, 0.1) is 25.4 Å². The molecular formula is C36H67N2O6P. The molecule has 0 spiro atoms. The molecule has 5 N–H and O–H groups in total. The average Bonchev–Trinajstić information content (AvgIpc) is 3.02. The van der Waals surface area contributed by atoms with Gasteiger partial charge in [-0.1, -0.05) is 133 Å². The summed E-state index contributed by atoms with van der Waals surface area (Å²) in [5.74, 6) is -0.216. The van der Waals surface area contributed by atoms with E-state index in [2.05, 4.69) is 55.6 Å². The number of carbonyl (C=O) groups is 1. The lowest BCUT2D eigenvalue weighted by Gasteiger charge is -2.23. The number of nitrogens with two attached hydrogens (primary N) is 1. The van der Waals surface area contributed by atoms with Crippen molar-refractivity contribution in [2.45, 2.75) is 154 Å². The zero-order chi connectivity index (χ0) is 33.3. The predicted molar refractivity (Wildman–Crippen MR) is 189 cm³/mol. The highest BCUT2D eigenvalue weighted by Crippen LogP contribution is 2.43.